The predicted molar refractivity (Wildman–Crippen MR) is 164 cm³/mol. The van der Waals surface area contributed by atoms with E-state index in [9.17, 15) is 34.8 Å². The first-order valence-electron chi connectivity index (χ1n) is 15.0. The Morgan fingerprint density at radius 1 is 1.02 bits per heavy atom. The number of aliphatic hydroxyl groups excluding tert-OH is 2. The van der Waals surface area contributed by atoms with Crippen LogP contribution in [0.4, 0.5) is 0 Å². The number of hydrogen-bond donors (Lipinski definition) is 4. The highest BCUT2D eigenvalue weighted by atomic mass is 16.3. The van der Waals surface area contributed by atoms with Gasteiger partial charge in [0.15, 0.2) is 17.2 Å². The Bertz CT molecular complexity index is 1600. The number of allylic oxidation sites excluding steroid dienone is 2. The van der Waals surface area contributed by atoms with Crippen molar-refractivity contribution >= 4 is 23.1 Å². The Labute approximate surface area is 252 Å². The van der Waals surface area contributed by atoms with Crippen molar-refractivity contribution < 1.29 is 34.8 Å². The summed E-state index contributed by atoms with van der Waals surface area (Å²) in [5.74, 6) is -6.13. The number of rotatable bonds is 7. The highest BCUT2D eigenvalue weighted by Crippen LogP contribution is 2.55. The molecule has 0 amide bonds. The summed E-state index contributed by atoms with van der Waals surface area (Å²) in [5.41, 5.74) is 1.51. The first kappa shape index (κ1) is 30.5. The lowest BCUT2D eigenvalue weighted by molar-refractivity contribution is -0.155. The Morgan fingerprint density at radius 2 is 1.67 bits per heavy atom. The molecule has 7 heteroatoms. The number of benzene rings is 2. The zero-order valence-corrected chi connectivity index (χ0v) is 25.4. The van der Waals surface area contributed by atoms with Crippen molar-refractivity contribution in [2.45, 2.75) is 65.9 Å². The van der Waals surface area contributed by atoms with Crippen molar-refractivity contribution in [3.8, 4) is 16.9 Å². The van der Waals surface area contributed by atoms with Crippen molar-refractivity contribution in [2.75, 3.05) is 0 Å². The molecule has 5 rings (SSSR count). The number of aliphatic hydroxyl groups is 3. The summed E-state index contributed by atoms with van der Waals surface area (Å²) < 4.78 is 0. The molecule has 2 aromatic carbocycles. The fourth-order valence-electron chi connectivity index (χ4n) is 7.60. The number of carbonyl (C=O) groups is 3. The van der Waals surface area contributed by atoms with Crippen LogP contribution in [0.5, 0.6) is 5.75 Å². The third-order valence-electron chi connectivity index (χ3n) is 9.37. The molecule has 0 spiro atoms. The minimum Gasteiger partial charge on any atom is -0.508 e. The van der Waals surface area contributed by atoms with Crippen LogP contribution in [0.3, 0.4) is 0 Å². The van der Waals surface area contributed by atoms with E-state index in [2.05, 4.69) is 20.4 Å². The number of fused-ring (bicyclic) bond motifs is 3. The third-order valence-corrected chi connectivity index (χ3v) is 9.37. The van der Waals surface area contributed by atoms with Gasteiger partial charge in [-0.15, -0.1) is 0 Å². The molecule has 226 valence electrons. The molecule has 7 nitrogen and oxygen atoms in total. The second kappa shape index (κ2) is 10.9. The predicted octanol–water partition coefficient (Wildman–Crippen LogP) is 6.22. The zero-order chi connectivity index (χ0) is 31.5. The monoisotopic (exact) mass is 584 g/mol. The number of ketones is 3. The maximum Gasteiger partial charge on any atom is 0.202 e. The van der Waals surface area contributed by atoms with Crippen LogP contribution in [-0.4, -0.2) is 43.4 Å². The highest BCUT2D eigenvalue weighted by molar-refractivity contribution is 6.24. The van der Waals surface area contributed by atoms with Crippen molar-refractivity contribution in [2.24, 2.45) is 29.6 Å². The molecule has 0 bridgehead atoms. The summed E-state index contributed by atoms with van der Waals surface area (Å²) in [6.45, 7) is 13.2. The average molecular weight is 585 g/mol. The summed E-state index contributed by atoms with van der Waals surface area (Å²) in [4.78, 5) is 39.9. The van der Waals surface area contributed by atoms with Gasteiger partial charge in [-0.25, -0.2) is 0 Å². The van der Waals surface area contributed by atoms with Gasteiger partial charge in [0, 0.05) is 17.4 Å². The second-order valence-electron chi connectivity index (χ2n) is 13.2. The van der Waals surface area contributed by atoms with Crippen LogP contribution in [0.25, 0.3) is 16.9 Å². The number of phenols is 1. The topological polar surface area (TPSA) is 132 Å². The molecule has 0 heterocycles. The van der Waals surface area contributed by atoms with Crippen LogP contribution in [-0.2, 0) is 27.2 Å². The van der Waals surface area contributed by atoms with E-state index < -0.39 is 57.8 Å². The van der Waals surface area contributed by atoms with Gasteiger partial charge in [0.2, 0.25) is 5.78 Å². The normalized spacial score (nSPS) is 25.2. The lowest BCUT2D eigenvalue weighted by atomic mass is 9.54. The van der Waals surface area contributed by atoms with E-state index in [-0.39, 0.29) is 35.6 Å². The molecule has 4 N–H and O–H groups in total. The summed E-state index contributed by atoms with van der Waals surface area (Å²) in [5, 5.41) is 45.3. The van der Waals surface area contributed by atoms with Gasteiger partial charge in [-0.2, -0.15) is 0 Å². The van der Waals surface area contributed by atoms with Crippen molar-refractivity contribution in [1.82, 2.24) is 0 Å². The SMILES string of the molecule is C=C(Cc1ccc(-c2ccc(O)c3c2CC2CC4C(C(C)C)C(=O)C(C(C)=O)=C(O)C4(O)C(=O)C2=C3O)cc1)CC(C)C. The molecule has 1 fully saturated rings. The number of carbonyl (C=O) groups excluding carboxylic acids is 3. The molecule has 0 aromatic heterocycles. The maximum absolute atomic E-state index is 14.1. The highest BCUT2D eigenvalue weighted by Gasteiger charge is 2.63. The minimum atomic E-state index is -2.54. The van der Waals surface area contributed by atoms with Crippen molar-refractivity contribution in [3.63, 3.8) is 0 Å². The standard InChI is InChI=1S/C36H40O7/c1-17(2)13-19(5)14-21-7-9-22(10-8-21)24-11-12-27(38)31-25(24)15-23-16-26-28(18(3)4)32(39)29(20(6)37)34(41)36(26,43)35(42)30(23)33(31)40/h7-12,17-18,23,26,28,38,40-41,43H,5,13-16H2,1-4,6H3. The molecule has 2 aromatic rings. The van der Waals surface area contributed by atoms with Gasteiger partial charge in [-0.05, 0) is 78.7 Å². The van der Waals surface area contributed by atoms with E-state index in [1.165, 1.54) is 6.07 Å². The Kier molecular flexibility index (Phi) is 7.76. The van der Waals surface area contributed by atoms with Gasteiger partial charge >= 0.3 is 0 Å². The van der Waals surface area contributed by atoms with Crippen molar-refractivity contribution in [1.29, 1.82) is 0 Å². The molecular formula is C36H40O7. The summed E-state index contributed by atoms with van der Waals surface area (Å²) in [7, 11) is 0. The van der Waals surface area contributed by atoms with Crippen LogP contribution < -0.4 is 0 Å². The van der Waals surface area contributed by atoms with E-state index in [4.69, 9.17) is 0 Å². The quantitative estimate of drug-likeness (QED) is 0.224. The van der Waals surface area contributed by atoms with Crippen LogP contribution in [0, 0.1) is 29.6 Å². The van der Waals surface area contributed by atoms with Crippen molar-refractivity contribution in [3.05, 3.63) is 82.1 Å². The Balaban J connectivity index is 1.60. The smallest absolute Gasteiger partial charge is 0.202 e. The summed E-state index contributed by atoms with van der Waals surface area (Å²) >= 11 is 0. The van der Waals surface area contributed by atoms with Gasteiger partial charge in [0.1, 0.15) is 22.8 Å². The third kappa shape index (κ3) is 4.84. The average Bonchev–Trinajstić information content (AvgIpc) is 2.90. The number of Topliss-reactive ketones (excluding diaryl/α,β-unsaturated/α-hetero) is 3. The molecule has 0 aliphatic heterocycles. The van der Waals surface area contributed by atoms with Crippen LogP contribution in [0.2, 0.25) is 0 Å². The van der Waals surface area contributed by atoms with Gasteiger partial charge in [-0.3, -0.25) is 14.4 Å². The molecule has 0 saturated heterocycles. The lowest BCUT2D eigenvalue weighted by Gasteiger charge is -2.50. The molecule has 4 unspecified atom stereocenters. The second-order valence-corrected chi connectivity index (χ2v) is 13.2. The molecule has 3 aliphatic rings. The first-order valence-corrected chi connectivity index (χ1v) is 15.0. The molecule has 43 heavy (non-hydrogen) atoms. The molecule has 3 aliphatic carbocycles. The largest absolute Gasteiger partial charge is 0.508 e. The summed E-state index contributed by atoms with van der Waals surface area (Å²) in [6.07, 6.45) is 2.11. The molecule has 0 radical (unpaired) electrons. The molecule has 1 saturated carbocycles. The molecular weight excluding hydrogens is 544 g/mol. The van der Waals surface area contributed by atoms with E-state index in [1.54, 1.807) is 19.9 Å². The number of phenolic OH excluding ortho intramolecular Hbond substituents is 1. The minimum absolute atomic E-state index is 0.107. The zero-order valence-electron chi connectivity index (χ0n) is 25.4. The lowest BCUT2D eigenvalue weighted by Crippen LogP contribution is -2.61. The number of aromatic hydroxyl groups is 1. The van der Waals surface area contributed by atoms with E-state index in [1.807, 2.05) is 24.3 Å². The maximum atomic E-state index is 14.1. The van der Waals surface area contributed by atoms with E-state index >= 15 is 0 Å². The van der Waals surface area contributed by atoms with Crippen LogP contribution >= 0.6 is 0 Å². The van der Waals surface area contributed by atoms with Gasteiger partial charge in [0.25, 0.3) is 0 Å². The number of hydrogen-bond acceptors (Lipinski definition) is 7. The van der Waals surface area contributed by atoms with Gasteiger partial charge in [-0.1, -0.05) is 70.2 Å². The first-order chi connectivity index (χ1) is 20.2. The Hall–Kier alpha value is -3.97. The van der Waals surface area contributed by atoms with Gasteiger partial charge < -0.3 is 20.4 Å². The van der Waals surface area contributed by atoms with E-state index in [0.717, 1.165) is 42.0 Å². The van der Waals surface area contributed by atoms with Crippen LogP contribution in [0.1, 0.15) is 64.2 Å². The van der Waals surface area contributed by atoms with Gasteiger partial charge in [0.05, 0.1) is 5.56 Å². The Morgan fingerprint density at radius 3 is 2.26 bits per heavy atom. The summed E-state index contributed by atoms with van der Waals surface area (Å²) in [6, 6.07) is 11.3. The molecule has 4 atom stereocenters. The fraction of sp³-hybridized carbons (Fsp3) is 0.417. The van der Waals surface area contributed by atoms with Crippen LogP contribution in [0.15, 0.2) is 65.5 Å². The fourth-order valence-corrected chi connectivity index (χ4v) is 7.60. The van der Waals surface area contributed by atoms with E-state index in [0.29, 0.717) is 11.5 Å².